The van der Waals surface area contributed by atoms with Crippen LogP contribution in [0.5, 0.6) is 0 Å². The number of tetrazole rings is 1. The number of halogens is 1. The Hall–Kier alpha value is -2.07. The van der Waals surface area contributed by atoms with Gasteiger partial charge in [-0.05, 0) is 35.3 Å². The number of primary sulfonamides is 1. The number of nitrogens with zero attached hydrogens (tertiary/aromatic N) is 3. The lowest BCUT2D eigenvalue weighted by molar-refractivity contribution is 0.358. The molecule has 1 aromatic heterocycles. The molecule has 0 spiro atoms. The van der Waals surface area contributed by atoms with E-state index >= 15 is 0 Å². The summed E-state index contributed by atoms with van der Waals surface area (Å²) in [6.07, 6.45) is 0.268. The number of H-pyrrole nitrogens is 1. The Morgan fingerprint density at radius 3 is 2.45 bits per heavy atom. The average molecular weight is 329 g/mol. The number of hydrogen-bond acceptors (Lipinski definition) is 5. The predicted molar refractivity (Wildman–Crippen MR) is 77.1 cm³/mol. The molecule has 2 aromatic rings. The third-order valence-corrected chi connectivity index (χ3v) is 4.96. The summed E-state index contributed by atoms with van der Waals surface area (Å²) in [5.41, 5.74) is -0.537. The quantitative estimate of drug-likeness (QED) is 0.697. The van der Waals surface area contributed by atoms with Crippen LogP contribution in [0.3, 0.4) is 0 Å². The van der Waals surface area contributed by atoms with Crippen LogP contribution in [0.25, 0.3) is 0 Å². The summed E-state index contributed by atoms with van der Waals surface area (Å²) in [6.45, 7) is -0.594. The molecule has 0 amide bonds. The first-order chi connectivity index (χ1) is 10.4. The average Bonchev–Trinajstić information content (AvgIpc) is 2.90. The monoisotopic (exact) mass is 329 g/mol. The fourth-order valence-electron chi connectivity index (χ4n) is 2.39. The number of alkyl halides is 1. The number of sulfonamides is 1. The second-order valence-corrected chi connectivity index (χ2v) is 6.53. The molecule has 1 unspecified atom stereocenters. The molecule has 10 heteroatoms. The van der Waals surface area contributed by atoms with E-state index in [-0.39, 0.29) is 24.8 Å². The van der Waals surface area contributed by atoms with Gasteiger partial charge >= 0.3 is 5.69 Å². The number of nitrogens with two attached hydrogens (primary N) is 1. The van der Waals surface area contributed by atoms with Crippen LogP contribution in [0.1, 0.15) is 24.8 Å². The van der Waals surface area contributed by atoms with Crippen molar-refractivity contribution in [3.05, 3.63) is 46.4 Å². The van der Waals surface area contributed by atoms with Crippen molar-refractivity contribution in [1.82, 2.24) is 20.2 Å². The van der Waals surface area contributed by atoms with E-state index in [0.717, 1.165) is 0 Å². The van der Waals surface area contributed by atoms with E-state index in [1.54, 1.807) is 18.2 Å². The van der Waals surface area contributed by atoms with Crippen LogP contribution in [-0.4, -0.2) is 35.3 Å². The van der Waals surface area contributed by atoms with Crippen LogP contribution >= 0.6 is 0 Å². The third-order valence-electron chi connectivity index (χ3n) is 3.41. The molecule has 120 valence electrons. The maximum absolute atomic E-state index is 12.4. The molecule has 1 heterocycles. The zero-order valence-corrected chi connectivity index (χ0v) is 12.5. The van der Waals surface area contributed by atoms with E-state index in [2.05, 4.69) is 15.5 Å². The van der Waals surface area contributed by atoms with E-state index < -0.39 is 27.3 Å². The minimum atomic E-state index is -4.29. The van der Waals surface area contributed by atoms with Crippen molar-refractivity contribution in [2.45, 2.75) is 24.1 Å². The lowest BCUT2D eigenvalue weighted by Crippen LogP contribution is -2.51. The molecule has 3 N–H and O–H groups in total. The number of hydrogen-bond donors (Lipinski definition) is 2. The van der Waals surface area contributed by atoms with Crippen molar-refractivity contribution in [2.75, 3.05) is 6.67 Å². The molecule has 22 heavy (non-hydrogen) atoms. The molecular weight excluding hydrogens is 313 g/mol. The van der Waals surface area contributed by atoms with Gasteiger partial charge in [0.05, 0.1) is 6.67 Å². The predicted octanol–water partition coefficient (Wildman–Crippen LogP) is 0.0958. The summed E-state index contributed by atoms with van der Waals surface area (Å²) in [6, 6.07) is 8.00. The molecule has 1 aromatic carbocycles. The summed E-state index contributed by atoms with van der Waals surface area (Å²) < 4.78 is 37.8. The number of rotatable bonds is 7. The van der Waals surface area contributed by atoms with Crippen LogP contribution in [0.15, 0.2) is 35.1 Å². The molecule has 0 radical (unpaired) electrons. The highest BCUT2D eigenvalue weighted by atomic mass is 32.2. The summed E-state index contributed by atoms with van der Waals surface area (Å²) in [5.74, 6) is 0. The van der Waals surface area contributed by atoms with Gasteiger partial charge in [0.25, 0.3) is 0 Å². The fourth-order valence-corrected chi connectivity index (χ4v) is 3.65. The van der Waals surface area contributed by atoms with Gasteiger partial charge < -0.3 is 0 Å². The number of nitrogens with one attached hydrogen (secondary N) is 1. The molecule has 0 saturated heterocycles. The van der Waals surface area contributed by atoms with Crippen LogP contribution in [0.2, 0.25) is 0 Å². The van der Waals surface area contributed by atoms with Crippen LogP contribution < -0.4 is 10.8 Å². The molecule has 0 fully saturated rings. The van der Waals surface area contributed by atoms with Crippen molar-refractivity contribution in [3.8, 4) is 0 Å². The van der Waals surface area contributed by atoms with Crippen LogP contribution in [0.4, 0.5) is 4.39 Å². The topological polar surface area (TPSA) is 124 Å². The van der Waals surface area contributed by atoms with Crippen LogP contribution in [0, 0.1) is 0 Å². The van der Waals surface area contributed by atoms with E-state index in [0.29, 0.717) is 4.68 Å². The van der Waals surface area contributed by atoms with Gasteiger partial charge in [-0.1, -0.05) is 30.3 Å². The Balaban J connectivity index is 2.70. The zero-order chi connectivity index (χ0) is 16.2. The Kier molecular flexibility index (Phi) is 4.71. The first-order valence-electron chi connectivity index (χ1n) is 6.58. The summed E-state index contributed by atoms with van der Waals surface area (Å²) in [4.78, 5) is 9.98. The van der Waals surface area contributed by atoms with Crippen molar-refractivity contribution in [3.63, 3.8) is 0 Å². The van der Waals surface area contributed by atoms with Gasteiger partial charge in [-0.3, -0.25) is 4.39 Å². The first kappa shape index (κ1) is 16.3. The van der Waals surface area contributed by atoms with Crippen molar-refractivity contribution >= 4 is 10.0 Å². The number of benzene rings is 1. The second-order valence-electron chi connectivity index (χ2n) is 4.76. The smallest absolute Gasteiger partial charge is 0.251 e. The molecule has 0 bridgehead atoms. The van der Waals surface area contributed by atoms with Crippen molar-refractivity contribution < 1.29 is 12.8 Å². The Morgan fingerprint density at radius 2 is 1.95 bits per heavy atom. The molecule has 0 saturated carbocycles. The molecule has 0 aliphatic rings. The van der Waals surface area contributed by atoms with Gasteiger partial charge in [0.2, 0.25) is 14.9 Å². The SMILES string of the molecule is NS(=O)(=O)C(CCCCF)(c1ccccc1)n1nn[nH]c1=O. The minimum Gasteiger partial charge on any atom is -0.251 e. The molecule has 0 aliphatic carbocycles. The first-order valence-corrected chi connectivity index (χ1v) is 8.13. The largest absolute Gasteiger partial charge is 0.362 e. The summed E-state index contributed by atoms with van der Waals surface area (Å²) in [5, 5.41) is 14.4. The fraction of sp³-hybridized carbons (Fsp3) is 0.417. The Morgan fingerprint density at radius 1 is 1.27 bits per heavy atom. The molecule has 0 aliphatic heterocycles. The van der Waals surface area contributed by atoms with Gasteiger partial charge in [0.15, 0.2) is 0 Å². The minimum absolute atomic E-state index is 0.0911. The van der Waals surface area contributed by atoms with Gasteiger partial charge in [0.1, 0.15) is 0 Å². The summed E-state index contributed by atoms with van der Waals surface area (Å²) >= 11 is 0. The normalized spacial score (nSPS) is 14.6. The lowest BCUT2D eigenvalue weighted by Gasteiger charge is -2.30. The highest BCUT2D eigenvalue weighted by Crippen LogP contribution is 2.34. The number of unbranched alkanes of at least 4 members (excludes halogenated alkanes) is 1. The van der Waals surface area contributed by atoms with E-state index in [1.165, 1.54) is 12.1 Å². The van der Waals surface area contributed by atoms with Crippen LogP contribution in [-0.2, 0) is 14.9 Å². The maximum Gasteiger partial charge on any atom is 0.362 e. The standard InChI is InChI=1S/C12H16FN5O3S/c13-9-5-4-8-12(22(14,20)21,10-6-2-1-3-7-10)18-11(19)15-16-17-18/h1-3,6-7H,4-5,8-9H2,(H2,14,20,21)(H,15,17,19). The molecule has 2 rings (SSSR count). The zero-order valence-electron chi connectivity index (χ0n) is 11.6. The van der Waals surface area contributed by atoms with Crippen molar-refractivity contribution in [2.24, 2.45) is 5.14 Å². The highest BCUT2D eigenvalue weighted by Gasteiger charge is 2.47. The number of aromatic nitrogens is 4. The molecular formula is C12H16FN5O3S. The molecule has 8 nitrogen and oxygen atoms in total. The van der Waals surface area contributed by atoms with Gasteiger partial charge in [0, 0.05) is 0 Å². The van der Waals surface area contributed by atoms with Gasteiger partial charge in [-0.15, -0.1) is 0 Å². The Labute approximate surface area is 126 Å². The Bertz CT molecular complexity index is 773. The van der Waals surface area contributed by atoms with E-state index in [9.17, 15) is 17.6 Å². The summed E-state index contributed by atoms with van der Waals surface area (Å²) in [7, 11) is -4.29. The van der Waals surface area contributed by atoms with E-state index in [4.69, 9.17) is 5.14 Å². The lowest BCUT2D eigenvalue weighted by atomic mass is 10.0. The maximum atomic E-state index is 12.4. The highest BCUT2D eigenvalue weighted by molar-refractivity contribution is 7.90. The van der Waals surface area contributed by atoms with E-state index in [1.807, 2.05) is 0 Å². The van der Waals surface area contributed by atoms with Gasteiger partial charge in [-0.2, -0.15) is 4.68 Å². The van der Waals surface area contributed by atoms with Crippen molar-refractivity contribution in [1.29, 1.82) is 0 Å². The third kappa shape index (κ3) is 2.79. The number of aromatic amines is 1. The van der Waals surface area contributed by atoms with Gasteiger partial charge in [-0.25, -0.2) is 23.4 Å². The second kappa shape index (κ2) is 6.36. The molecule has 1 atom stereocenters.